The minimum absolute atomic E-state index is 0.120. The number of nitrogen functional groups attached to an aromatic ring is 1. The van der Waals surface area contributed by atoms with Gasteiger partial charge in [-0.05, 0) is 12.1 Å². The number of benzene rings is 1. The highest BCUT2D eigenvalue weighted by atomic mass is 16.5. The van der Waals surface area contributed by atoms with Crippen LogP contribution in [0, 0.1) is 0 Å². The number of pyridine rings is 1. The number of carbonyl (C=O) groups excluding carboxylic acids is 2. The van der Waals surface area contributed by atoms with Crippen LogP contribution in [-0.4, -0.2) is 30.5 Å². The van der Waals surface area contributed by atoms with Gasteiger partial charge in [0, 0.05) is 29.2 Å². The summed E-state index contributed by atoms with van der Waals surface area (Å²) in [5, 5.41) is 4.09. The van der Waals surface area contributed by atoms with Gasteiger partial charge in [-0.15, -0.1) is 0 Å². The molecule has 2 rings (SSSR count). The van der Waals surface area contributed by atoms with Crippen LogP contribution in [0.25, 0.3) is 10.8 Å². The van der Waals surface area contributed by atoms with Gasteiger partial charge in [-0.1, -0.05) is 12.1 Å². The van der Waals surface area contributed by atoms with Crippen molar-refractivity contribution in [3.63, 3.8) is 0 Å². The lowest BCUT2D eigenvalue weighted by Gasteiger charge is -2.08. The van der Waals surface area contributed by atoms with E-state index in [1.165, 1.54) is 13.3 Å². The molecule has 1 aromatic heterocycles. The Morgan fingerprint density at radius 3 is 2.85 bits per heavy atom. The van der Waals surface area contributed by atoms with Crippen molar-refractivity contribution in [1.82, 2.24) is 10.3 Å². The summed E-state index contributed by atoms with van der Waals surface area (Å²) in [6.45, 7) is 0.200. The van der Waals surface area contributed by atoms with Crippen molar-refractivity contribution in [1.29, 1.82) is 0 Å². The molecule has 104 valence electrons. The quantitative estimate of drug-likeness (QED) is 0.643. The van der Waals surface area contributed by atoms with Crippen LogP contribution in [0.15, 0.2) is 30.5 Å². The third kappa shape index (κ3) is 2.85. The zero-order valence-corrected chi connectivity index (χ0v) is 11.1. The lowest BCUT2D eigenvalue weighted by atomic mass is 10.1. The van der Waals surface area contributed by atoms with Crippen LogP contribution in [0.5, 0.6) is 0 Å². The van der Waals surface area contributed by atoms with Crippen LogP contribution >= 0.6 is 0 Å². The SMILES string of the molecule is COC(=O)CCNC(=O)c1nccc2c(N)cccc12. The first-order chi connectivity index (χ1) is 9.63. The van der Waals surface area contributed by atoms with E-state index < -0.39 is 0 Å². The number of aromatic nitrogens is 1. The van der Waals surface area contributed by atoms with E-state index in [-0.39, 0.29) is 24.8 Å². The molecule has 1 amide bonds. The highest BCUT2D eigenvalue weighted by molar-refractivity contribution is 6.07. The van der Waals surface area contributed by atoms with Crippen molar-refractivity contribution >= 4 is 28.3 Å². The first-order valence-corrected chi connectivity index (χ1v) is 6.11. The summed E-state index contributed by atoms with van der Waals surface area (Å²) in [5.41, 5.74) is 6.75. The third-order valence-electron chi connectivity index (χ3n) is 2.90. The van der Waals surface area contributed by atoms with Gasteiger partial charge in [0.05, 0.1) is 13.5 Å². The number of nitrogens with zero attached hydrogens (tertiary/aromatic N) is 1. The fraction of sp³-hybridized carbons (Fsp3) is 0.214. The summed E-state index contributed by atoms with van der Waals surface area (Å²) in [6, 6.07) is 7.08. The summed E-state index contributed by atoms with van der Waals surface area (Å²) in [4.78, 5) is 27.1. The summed E-state index contributed by atoms with van der Waals surface area (Å²) in [6.07, 6.45) is 1.66. The zero-order valence-electron chi connectivity index (χ0n) is 11.1. The van der Waals surface area contributed by atoms with Crippen molar-refractivity contribution in [2.24, 2.45) is 0 Å². The van der Waals surface area contributed by atoms with Crippen LogP contribution in [0.4, 0.5) is 5.69 Å². The Bertz CT molecular complexity index is 655. The molecule has 0 atom stereocenters. The topological polar surface area (TPSA) is 94.3 Å². The van der Waals surface area contributed by atoms with Crippen molar-refractivity contribution in [2.75, 3.05) is 19.4 Å². The molecule has 0 saturated carbocycles. The molecule has 0 saturated heterocycles. The normalized spacial score (nSPS) is 10.2. The summed E-state index contributed by atoms with van der Waals surface area (Å²) >= 11 is 0. The van der Waals surface area contributed by atoms with Crippen LogP contribution < -0.4 is 11.1 Å². The van der Waals surface area contributed by atoms with Gasteiger partial charge in [0.25, 0.3) is 5.91 Å². The van der Waals surface area contributed by atoms with Gasteiger partial charge >= 0.3 is 5.97 Å². The molecule has 2 aromatic rings. The van der Waals surface area contributed by atoms with E-state index in [0.29, 0.717) is 16.8 Å². The molecule has 1 aromatic carbocycles. The lowest BCUT2D eigenvalue weighted by molar-refractivity contribution is -0.140. The number of rotatable bonds is 4. The number of esters is 1. The van der Waals surface area contributed by atoms with E-state index in [2.05, 4.69) is 15.0 Å². The molecule has 0 bridgehead atoms. The van der Waals surface area contributed by atoms with Crippen LogP contribution in [0.3, 0.4) is 0 Å². The monoisotopic (exact) mass is 273 g/mol. The molecule has 1 heterocycles. The third-order valence-corrected chi connectivity index (χ3v) is 2.90. The molecule has 6 heteroatoms. The Morgan fingerprint density at radius 2 is 2.10 bits per heavy atom. The van der Waals surface area contributed by atoms with E-state index in [0.717, 1.165) is 5.39 Å². The second kappa shape index (κ2) is 6.01. The smallest absolute Gasteiger partial charge is 0.307 e. The van der Waals surface area contributed by atoms with Gasteiger partial charge in [0.1, 0.15) is 5.69 Å². The van der Waals surface area contributed by atoms with Gasteiger partial charge in [-0.2, -0.15) is 0 Å². The van der Waals surface area contributed by atoms with Gasteiger partial charge in [-0.3, -0.25) is 14.6 Å². The molecule has 0 aliphatic carbocycles. The van der Waals surface area contributed by atoms with Gasteiger partial charge in [0.15, 0.2) is 0 Å². The van der Waals surface area contributed by atoms with Gasteiger partial charge in [0.2, 0.25) is 0 Å². The summed E-state index contributed by atoms with van der Waals surface area (Å²) in [5.74, 6) is -0.717. The number of fused-ring (bicyclic) bond motifs is 1. The number of methoxy groups -OCH3 is 1. The zero-order chi connectivity index (χ0) is 14.5. The van der Waals surface area contributed by atoms with Gasteiger partial charge in [-0.25, -0.2) is 0 Å². The fourth-order valence-electron chi connectivity index (χ4n) is 1.88. The largest absolute Gasteiger partial charge is 0.469 e. The molecule has 0 aliphatic heterocycles. The second-order valence-corrected chi connectivity index (χ2v) is 4.18. The Morgan fingerprint density at radius 1 is 1.30 bits per heavy atom. The Balaban J connectivity index is 2.18. The minimum atomic E-state index is -0.375. The van der Waals surface area contributed by atoms with E-state index in [9.17, 15) is 9.59 Å². The fourth-order valence-corrected chi connectivity index (χ4v) is 1.88. The molecule has 20 heavy (non-hydrogen) atoms. The molecule has 3 N–H and O–H groups in total. The predicted molar refractivity (Wildman–Crippen MR) is 75.1 cm³/mol. The Hall–Kier alpha value is -2.63. The van der Waals surface area contributed by atoms with E-state index >= 15 is 0 Å². The maximum atomic E-state index is 12.1. The number of nitrogens with one attached hydrogen (secondary N) is 1. The number of hydrogen-bond donors (Lipinski definition) is 2. The maximum absolute atomic E-state index is 12.1. The molecule has 6 nitrogen and oxygen atoms in total. The number of amides is 1. The number of carbonyl (C=O) groups is 2. The Labute approximate surface area is 115 Å². The van der Waals surface area contributed by atoms with Crippen molar-refractivity contribution in [3.05, 3.63) is 36.2 Å². The van der Waals surface area contributed by atoms with Crippen LogP contribution in [0.1, 0.15) is 16.9 Å². The highest BCUT2D eigenvalue weighted by Gasteiger charge is 2.12. The predicted octanol–water partition coefficient (Wildman–Crippen LogP) is 1.11. The Kier molecular flexibility index (Phi) is 4.14. The number of ether oxygens (including phenoxy) is 1. The summed E-state index contributed by atoms with van der Waals surface area (Å²) < 4.78 is 4.50. The van der Waals surface area contributed by atoms with Gasteiger partial charge < -0.3 is 15.8 Å². The average molecular weight is 273 g/mol. The van der Waals surface area contributed by atoms with Crippen molar-refractivity contribution in [2.45, 2.75) is 6.42 Å². The summed E-state index contributed by atoms with van der Waals surface area (Å²) in [7, 11) is 1.30. The first-order valence-electron chi connectivity index (χ1n) is 6.11. The number of nitrogens with two attached hydrogens (primary N) is 1. The molecule has 0 fully saturated rings. The van der Waals surface area contributed by atoms with Crippen LogP contribution in [-0.2, 0) is 9.53 Å². The molecular weight excluding hydrogens is 258 g/mol. The molecular formula is C14H15N3O3. The maximum Gasteiger partial charge on any atom is 0.307 e. The van der Waals surface area contributed by atoms with E-state index in [4.69, 9.17) is 5.73 Å². The lowest BCUT2D eigenvalue weighted by Crippen LogP contribution is -2.27. The van der Waals surface area contributed by atoms with E-state index in [1.54, 1.807) is 24.3 Å². The molecule has 0 spiro atoms. The van der Waals surface area contributed by atoms with Crippen molar-refractivity contribution < 1.29 is 14.3 Å². The average Bonchev–Trinajstić information content (AvgIpc) is 2.46. The number of anilines is 1. The first kappa shape index (κ1) is 13.8. The standard InChI is InChI=1S/C14H15N3O3/c1-20-12(18)6-8-17-14(19)13-10-3-2-4-11(15)9(10)5-7-16-13/h2-5,7H,6,8,15H2,1H3,(H,17,19). The molecule has 0 radical (unpaired) electrons. The molecule has 0 aliphatic rings. The minimum Gasteiger partial charge on any atom is -0.469 e. The molecule has 0 unspecified atom stereocenters. The second-order valence-electron chi connectivity index (χ2n) is 4.18. The number of hydrogen-bond acceptors (Lipinski definition) is 5. The van der Waals surface area contributed by atoms with E-state index in [1.807, 2.05) is 0 Å². The highest BCUT2D eigenvalue weighted by Crippen LogP contribution is 2.22. The van der Waals surface area contributed by atoms with Crippen molar-refractivity contribution in [3.8, 4) is 0 Å². The van der Waals surface area contributed by atoms with Crippen LogP contribution in [0.2, 0.25) is 0 Å².